The number of aromatic nitrogens is 10. The fraction of sp³-hybridized carbons (Fsp3) is 0.407. The first-order valence-corrected chi connectivity index (χ1v) is 14.0. The van der Waals surface area contributed by atoms with Crippen LogP contribution in [0, 0.1) is 0 Å². The van der Waals surface area contributed by atoms with Crippen molar-refractivity contribution >= 4 is 29.4 Å². The van der Waals surface area contributed by atoms with Crippen molar-refractivity contribution in [2.24, 2.45) is 14.1 Å². The Bertz CT molecular complexity index is 1690. The first-order chi connectivity index (χ1) is 21.8. The van der Waals surface area contributed by atoms with Gasteiger partial charge in [-0.25, -0.2) is 9.97 Å². The van der Waals surface area contributed by atoms with Gasteiger partial charge in [-0.15, -0.1) is 10.2 Å². The number of imidazole rings is 2. The number of ether oxygens (including phenoxy) is 1. The maximum absolute atomic E-state index is 11.0. The normalized spacial score (nSPS) is 19.3. The molecular weight excluding hydrogens is 588 g/mol. The van der Waals surface area contributed by atoms with Gasteiger partial charge < -0.3 is 39.9 Å². The van der Waals surface area contributed by atoms with Gasteiger partial charge in [0.15, 0.2) is 29.3 Å². The van der Waals surface area contributed by atoms with Gasteiger partial charge in [0.25, 0.3) is 6.47 Å². The monoisotopic (exact) mass is 622 g/mol. The second kappa shape index (κ2) is 14.2. The summed E-state index contributed by atoms with van der Waals surface area (Å²) in [6.07, 6.45) is 1.76. The van der Waals surface area contributed by atoms with Gasteiger partial charge in [-0.1, -0.05) is 30.3 Å². The van der Waals surface area contributed by atoms with Crippen molar-refractivity contribution in [2.75, 3.05) is 30.0 Å². The van der Waals surface area contributed by atoms with Gasteiger partial charge in [0.05, 0.1) is 25.4 Å². The van der Waals surface area contributed by atoms with Crippen LogP contribution in [0.5, 0.6) is 0 Å². The van der Waals surface area contributed by atoms with E-state index in [-0.39, 0.29) is 19.0 Å². The van der Waals surface area contributed by atoms with Crippen LogP contribution in [0.2, 0.25) is 0 Å². The first-order valence-electron chi connectivity index (χ1n) is 14.0. The Morgan fingerprint density at radius 3 is 2.51 bits per heavy atom. The number of carbonyl (C=O) groups is 1. The minimum Gasteiger partial charge on any atom is -0.483 e. The molecule has 238 valence electrons. The molecule has 0 unspecified atom stereocenters. The van der Waals surface area contributed by atoms with Crippen molar-refractivity contribution < 1.29 is 30.0 Å². The Kier molecular flexibility index (Phi) is 9.88. The van der Waals surface area contributed by atoms with Gasteiger partial charge in [-0.05, 0) is 17.2 Å². The van der Waals surface area contributed by atoms with Crippen LogP contribution in [-0.4, -0.2) is 108 Å². The Balaban J connectivity index is 0.00000128. The van der Waals surface area contributed by atoms with E-state index in [9.17, 15) is 15.3 Å². The third kappa shape index (κ3) is 7.04. The molecule has 18 heteroatoms. The molecule has 0 spiro atoms. The number of nitrogens with zero attached hydrogens (tertiary/aromatic N) is 11. The molecule has 1 saturated heterocycles. The minimum atomic E-state index is -1.33. The number of nitrogens with one attached hydrogen (secondary N) is 1. The fourth-order valence-corrected chi connectivity index (χ4v) is 4.95. The quantitative estimate of drug-likeness (QED) is 0.0918. The molecule has 0 amide bonds. The third-order valence-electron chi connectivity index (χ3n) is 7.10. The van der Waals surface area contributed by atoms with E-state index in [1.807, 2.05) is 48.1 Å². The average Bonchev–Trinajstić information content (AvgIpc) is 3.82. The van der Waals surface area contributed by atoms with E-state index in [0.717, 1.165) is 11.3 Å². The molecule has 45 heavy (non-hydrogen) atoms. The number of anilines is 2. The molecule has 4 atom stereocenters. The maximum atomic E-state index is 11.0. The van der Waals surface area contributed by atoms with Gasteiger partial charge in [0.2, 0.25) is 11.8 Å². The topological polar surface area (TPSA) is 228 Å². The number of aliphatic hydroxyl groups is 3. The lowest BCUT2D eigenvalue weighted by atomic mass is 10.1. The van der Waals surface area contributed by atoms with Crippen LogP contribution < -0.4 is 10.2 Å². The zero-order valence-corrected chi connectivity index (χ0v) is 24.6. The number of aliphatic hydroxyl groups excluding tert-OH is 3. The molecule has 1 aromatic carbocycles. The zero-order valence-electron chi connectivity index (χ0n) is 24.6. The summed E-state index contributed by atoms with van der Waals surface area (Å²) in [7, 11) is 3.51. The van der Waals surface area contributed by atoms with Crippen LogP contribution in [-0.2, 0) is 36.5 Å². The number of aryl methyl sites for hydroxylation is 2. The third-order valence-corrected chi connectivity index (χ3v) is 7.10. The van der Waals surface area contributed by atoms with Crippen LogP contribution in [0.3, 0.4) is 0 Å². The number of tetrazole rings is 1. The molecular formula is C27H34N12O6. The van der Waals surface area contributed by atoms with Crippen molar-refractivity contribution in [1.82, 2.24) is 49.3 Å². The summed E-state index contributed by atoms with van der Waals surface area (Å²) in [5.41, 5.74) is 2.78. The Morgan fingerprint density at radius 1 is 1.07 bits per heavy atom. The van der Waals surface area contributed by atoms with E-state index in [0.29, 0.717) is 48.9 Å². The summed E-state index contributed by atoms with van der Waals surface area (Å²) < 4.78 is 9.46. The number of hydrogen-bond donors (Lipinski definition) is 5. The van der Waals surface area contributed by atoms with Gasteiger partial charge >= 0.3 is 0 Å². The molecule has 1 aliphatic rings. The van der Waals surface area contributed by atoms with Crippen LogP contribution in [0.1, 0.15) is 29.4 Å². The van der Waals surface area contributed by atoms with E-state index >= 15 is 0 Å². The number of hydrogen-bond acceptors (Lipinski definition) is 14. The van der Waals surface area contributed by atoms with Crippen LogP contribution in [0.15, 0.2) is 49.2 Å². The van der Waals surface area contributed by atoms with E-state index in [1.54, 1.807) is 22.8 Å². The molecule has 5 heterocycles. The first kappa shape index (κ1) is 31.4. The van der Waals surface area contributed by atoms with Gasteiger partial charge in [0.1, 0.15) is 18.9 Å². The molecule has 18 nitrogen and oxygen atoms in total. The van der Waals surface area contributed by atoms with E-state index in [1.165, 1.54) is 11.1 Å². The summed E-state index contributed by atoms with van der Waals surface area (Å²) in [6.45, 7) is 0.413. The molecule has 0 saturated carbocycles. The smallest absolute Gasteiger partial charge is 0.290 e. The highest BCUT2D eigenvalue weighted by molar-refractivity contribution is 5.85. The van der Waals surface area contributed by atoms with E-state index < -0.39 is 24.5 Å². The molecule has 5 aromatic rings. The number of rotatable bonds is 11. The minimum absolute atomic E-state index is 0.149. The maximum Gasteiger partial charge on any atom is 0.290 e. The number of carboxylic acid groups (broad SMARTS) is 1. The highest BCUT2D eigenvalue weighted by Crippen LogP contribution is 2.39. The van der Waals surface area contributed by atoms with Gasteiger partial charge in [-0.2, -0.15) is 14.8 Å². The lowest BCUT2D eigenvalue weighted by Crippen LogP contribution is -2.30. The summed E-state index contributed by atoms with van der Waals surface area (Å²) in [6, 6.07) is 9.95. The van der Waals surface area contributed by atoms with Gasteiger partial charge in [-0.3, -0.25) is 9.36 Å². The van der Waals surface area contributed by atoms with Crippen LogP contribution in [0.25, 0.3) is 11.2 Å². The molecule has 0 aliphatic carbocycles. The highest BCUT2D eigenvalue weighted by Gasteiger charge is 2.47. The zero-order chi connectivity index (χ0) is 31.9. The predicted molar refractivity (Wildman–Crippen MR) is 158 cm³/mol. The SMILES string of the molecule is Cn1cnc(CCNc2nc(N(CO)CCc3ccccc3)c3ncn([C@@H]4O[C@H](c5nnn(C)n5)[C@@H](O)[C@H]4O)c3n2)c1.O=CO. The molecule has 0 bridgehead atoms. The lowest BCUT2D eigenvalue weighted by Gasteiger charge is -2.22. The molecule has 0 radical (unpaired) electrons. The second-order valence-electron chi connectivity index (χ2n) is 10.2. The van der Waals surface area contributed by atoms with Crippen molar-refractivity contribution in [3.05, 3.63) is 66.3 Å². The standard InChI is InChI=1S/C26H32N12O4.CH2O2/c1-35-12-17(28-13-35)8-10-27-26-30-23(37(15-39)11-9-16-6-4-3-5-7-16)18-24(31-26)38(14-29-18)25-20(41)19(40)21(42-25)22-32-34-36(2)33-22;2-1-3/h3-7,12-14,19-21,25,39-41H,8-11,15H2,1-2H3,(H,27,30,31);1H,(H,2,3)/t19-,20+,21-,25+;/m0./s1. The summed E-state index contributed by atoms with van der Waals surface area (Å²) in [5.74, 6) is 0.863. The molecule has 1 fully saturated rings. The van der Waals surface area contributed by atoms with Crippen molar-refractivity contribution in [1.29, 1.82) is 0 Å². The average molecular weight is 623 g/mol. The Labute approximate surface area is 256 Å². The second-order valence-corrected chi connectivity index (χ2v) is 10.2. The fourth-order valence-electron chi connectivity index (χ4n) is 4.95. The van der Waals surface area contributed by atoms with Crippen molar-refractivity contribution in [2.45, 2.75) is 37.4 Å². The van der Waals surface area contributed by atoms with Gasteiger partial charge in [0, 0.05) is 32.8 Å². The van der Waals surface area contributed by atoms with Crippen molar-refractivity contribution in [3.63, 3.8) is 0 Å². The summed E-state index contributed by atoms with van der Waals surface area (Å²) in [4.78, 5) is 29.6. The predicted octanol–water partition coefficient (Wildman–Crippen LogP) is -0.570. The van der Waals surface area contributed by atoms with Crippen LogP contribution in [0.4, 0.5) is 11.8 Å². The van der Waals surface area contributed by atoms with E-state index in [4.69, 9.17) is 24.6 Å². The van der Waals surface area contributed by atoms with Crippen molar-refractivity contribution in [3.8, 4) is 0 Å². The largest absolute Gasteiger partial charge is 0.483 e. The van der Waals surface area contributed by atoms with Crippen LogP contribution >= 0.6 is 0 Å². The number of benzene rings is 1. The Morgan fingerprint density at radius 2 is 1.84 bits per heavy atom. The number of fused-ring (bicyclic) bond motifs is 1. The molecule has 1 aliphatic heterocycles. The Hall–Kier alpha value is -5.04. The molecule has 5 N–H and O–H groups in total. The lowest BCUT2D eigenvalue weighted by molar-refractivity contribution is -0.122. The molecule has 6 rings (SSSR count). The highest BCUT2D eigenvalue weighted by atomic mass is 16.6. The van der Waals surface area contributed by atoms with E-state index in [2.05, 4.69) is 30.7 Å². The molecule has 4 aromatic heterocycles. The summed E-state index contributed by atoms with van der Waals surface area (Å²) in [5, 5.41) is 54.1. The summed E-state index contributed by atoms with van der Waals surface area (Å²) >= 11 is 0.